The Morgan fingerprint density at radius 2 is 2.24 bits per heavy atom. The fourth-order valence-corrected chi connectivity index (χ4v) is 2.41. The van der Waals surface area contributed by atoms with Crippen molar-refractivity contribution >= 4 is 40.8 Å². The van der Waals surface area contributed by atoms with Crippen LogP contribution in [0.3, 0.4) is 0 Å². The number of carbonyl (C=O) groups excluding carboxylic acids is 2. The van der Waals surface area contributed by atoms with Gasteiger partial charge in [0.1, 0.15) is 0 Å². The fourth-order valence-electron chi connectivity index (χ4n) is 1.47. The molecule has 112 valence electrons. The van der Waals surface area contributed by atoms with Crippen LogP contribution in [-0.4, -0.2) is 28.4 Å². The molecule has 0 bridgehead atoms. The van der Waals surface area contributed by atoms with Gasteiger partial charge in [0.05, 0.1) is 22.0 Å². The van der Waals surface area contributed by atoms with Gasteiger partial charge in [-0.25, -0.2) is 4.79 Å². The first kappa shape index (κ1) is 15.3. The smallest absolute Gasteiger partial charge is 0.434 e. The second-order valence-corrected chi connectivity index (χ2v) is 5.57. The molecular formula is C12H12ClN3O4S. The molecule has 0 unspecified atom stereocenters. The molecule has 1 N–H and O–H groups in total. The van der Waals surface area contributed by atoms with Crippen LogP contribution in [0, 0.1) is 0 Å². The number of nitrogens with one attached hydrogen (secondary N) is 1. The lowest BCUT2D eigenvalue weighted by Crippen LogP contribution is -2.14. The van der Waals surface area contributed by atoms with Crippen molar-refractivity contribution in [1.29, 1.82) is 0 Å². The molecule has 0 fully saturated rings. The van der Waals surface area contributed by atoms with Gasteiger partial charge in [0.15, 0.2) is 11.6 Å². The first-order valence-electron chi connectivity index (χ1n) is 5.94. The molecule has 2 aromatic heterocycles. The van der Waals surface area contributed by atoms with Crippen molar-refractivity contribution in [2.75, 3.05) is 11.9 Å². The lowest BCUT2D eigenvalue weighted by atomic mass is 10.4. The standard InChI is InChI=1S/C12H12ClN3O4S/c1-3-19-12(18)20-7-6-16(2)15-10(7)14-11(17)8-4-5-9(13)21-8/h4-6H,3H2,1-2H3,(H,14,15,17). The highest BCUT2D eigenvalue weighted by Crippen LogP contribution is 2.26. The van der Waals surface area contributed by atoms with Gasteiger partial charge < -0.3 is 14.8 Å². The van der Waals surface area contributed by atoms with E-state index < -0.39 is 6.16 Å². The third-order valence-electron chi connectivity index (χ3n) is 2.28. The fraction of sp³-hybridized carbons (Fsp3) is 0.250. The first-order chi connectivity index (χ1) is 9.99. The van der Waals surface area contributed by atoms with Crippen LogP contribution < -0.4 is 10.1 Å². The quantitative estimate of drug-likeness (QED) is 0.872. The Labute approximate surface area is 129 Å². The monoisotopic (exact) mass is 329 g/mol. The molecule has 9 heteroatoms. The summed E-state index contributed by atoms with van der Waals surface area (Å²) in [5, 5.41) is 6.58. The predicted octanol–water partition coefficient (Wildman–Crippen LogP) is 2.92. The van der Waals surface area contributed by atoms with Crippen molar-refractivity contribution in [1.82, 2.24) is 9.78 Å². The van der Waals surface area contributed by atoms with Gasteiger partial charge in [-0.2, -0.15) is 5.10 Å². The second-order valence-electron chi connectivity index (χ2n) is 3.86. The number of aryl methyl sites for hydroxylation is 1. The molecule has 0 aromatic carbocycles. The molecule has 0 aliphatic carbocycles. The van der Waals surface area contributed by atoms with E-state index in [2.05, 4.69) is 15.2 Å². The summed E-state index contributed by atoms with van der Waals surface area (Å²) in [5.74, 6) is -0.161. The van der Waals surface area contributed by atoms with Crippen LogP contribution >= 0.6 is 22.9 Å². The first-order valence-corrected chi connectivity index (χ1v) is 7.14. The van der Waals surface area contributed by atoms with Gasteiger partial charge in [0.25, 0.3) is 5.91 Å². The molecule has 1 amide bonds. The Morgan fingerprint density at radius 3 is 2.86 bits per heavy atom. The highest BCUT2D eigenvalue weighted by Gasteiger charge is 2.18. The van der Waals surface area contributed by atoms with Crippen molar-refractivity contribution < 1.29 is 19.1 Å². The molecule has 0 radical (unpaired) electrons. The minimum Gasteiger partial charge on any atom is -0.434 e. The van der Waals surface area contributed by atoms with Crippen molar-refractivity contribution in [2.45, 2.75) is 6.92 Å². The van der Waals surface area contributed by atoms with Crippen molar-refractivity contribution in [2.24, 2.45) is 7.05 Å². The Kier molecular flexibility index (Phi) is 4.81. The van der Waals surface area contributed by atoms with E-state index in [9.17, 15) is 9.59 Å². The van der Waals surface area contributed by atoms with Gasteiger partial charge in [0, 0.05) is 7.05 Å². The number of hydrogen-bond donors (Lipinski definition) is 1. The summed E-state index contributed by atoms with van der Waals surface area (Å²) in [4.78, 5) is 23.8. The van der Waals surface area contributed by atoms with Gasteiger partial charge in [-0.3, -0.25) is 9.48 Å². The van der Waals surface area contributed by atoms with E-state index in [1.54, 1.807) is 26.1 Å². The number of rotatable bonds is 4. The van der Waals surface area contributed by atoms with Crippen LogP contribution in [0.15, 0.2) is 18.3 Å². The van der Waals surface area contributed by atoms with Crippen LogP contribution in [0.25, 0.3) is 0 Å². The van der Waals surface area contributed by atoms with Crippen LogP contribution in [0.5, 0.6) is 5.75 Å². The molecule has 0 aliphatic heterocycles. The van der Waals surface area contributed by atoms with E-state index in [0.29, 0.717) is 9.21 Å². The van der Waals surface area contributed by atoms with E-state index in [4.69, 9.17) is 16.3 Å². The highest BCUT2D eigenvalue weighted by atomic mass is 35.5. The molecule has 0 aliphatic rings. The summed E-state index contributed by atoms with van der Waals surface area (Å²) in [6, 6.07) is 3.22. The van der Waals surface area contributed by atoms with Crippen LogP contribution in [0.4, 0.5) is 10.6 Å². The Hall–Kier alpha value is -2.06. The summed E-state index contributed by atoms with van der Waals surface area (Å²) >= 11 is 6.92. The number of aromatic nitrogens is 2. The zero-order chi connectivity index (χ0) is 15.4. The summed E-state index contributed by atoms with van der Waals surface area (Å²) in [5.41, 5.74) is 0. The van der Waals surface area contributed by atoms with Crippen LogP contribution in [0.2, 0.25) is 4.34 Å². The molecule has 0 spiro atoms. The summed E-state index contributed by atoms with van der Waals surface area (Å²) < 4.78 is 11.6. The third kappa shape index (κ3) is 3.96. The van der Waals surface area contributed by atoms with Crippen LogP contribution in [-0.2, 0) is 11.8 Å². The minimum absolute atomic E-state index is 0.104. The van der Waals surface area contributed by atoms with Crippen molar-refractivity contribution in [3.8, 4) is 5.75 Å². The van der Waals surface area contributed by atoms with E-state index in [1.807, 2.05) is 0 Å². The molecule has 0 saturated carbocycles. The Bertz CT molecular complexity index is 667. The summed E-state index contributed by atoms with van der Waals surface area (Å²) in [6.07, 6.45) is 0.591. The highest BCUT2D eigenvalue weighted by molar-refractivity contribution is 7.18. The number of nitrogens with zero attached hydrogens (tertiary/aromatic N) is 2. The molecule has 7 nitrogen and oxygen atoms in total. The lowest BCUT2D eigenvalue weighted by Gasteiger charge is -2.04. The van der Waals surface area contributed by atoms with E-state index in [0.717, 1.165) is 11.3 Å². The van der Waals surface area contributed by atoms with Crippen molar-refractivity contribution in [3.05, 3.63) is 27.5 Å². The largest absolute Gasteiger partial charge is 0.514 e. The number of carbonyl (C=O) groups is 2. The van der Waals surface area contributed by atoms with Gasteiger partial charge in [0.2, 0.25) is 0 Å². The average molecular weight is 330 g/mol. The second kappa shape index (κ2) is 6.59. The lowest BCUT2D eigenvalue weighted by molar-refractivity contribution is 0.101. The summed E-state index contributed by atoms with van der Waals surface area (Å²) in [6.45, 7) is 1.85. The molecular weight excluding hydrogens is 318 g/mol. The van der Waals surface area contributed by atoms with E-state index in [-0.39, 0.29) is 24.1 Å². The van der Waals surface area contributed by atoms with Gasteiger partial charge >= 0.3 is 6.16 Å². The molecule has 0 saturated heterocycles. The van der Waals surface area contributed by atoms with Crippen molar-refractivity contribution in [3.63, 3.8) is 0 Å². The Morgan fingerprint density at radius 1 is 1.48 bits per heavy atom. The molecule has 2 heterocycles. The third-order valence-corrected chi connectivity index (χ3v) is 3.51. The number of anilines is 1. The SMILES string of the molecule is CCOC(=O)Oc1cn(C)nc1NC(=O)c1ccc(Cl)s1. The zero-order valence-corrected chi connectivity index (χ0v) is 12.8. The van der Waals surface area contributed by atoms with Gasteiger partial charge in [-0.1, -0.05) is 11.6 Å². The maximum absolute atomic E-state index is 12.0. The Balaban J connectivity index is 2.12. The molecule has 2 rings (SSSR count). The molecule has 2 aromatic rings. The maximum atomic E-state index is 12.0. The van der Waals surface area contributed by atoms with E-state index in [1.165, 1.54) is 10.9 Å². The molecule has 0 atom stereocenters. The predicted molar refractivity (Wildman–Crippen MR) is 78.1 cm³/mol. The minimum atomic E-state index is -0.861. The average Bonchev–Trinajstić information content (AvgIpc) is 2.97. The van der Waals surface area contributed by atoms with E-state index >= 15 is 0 Å². The molecule has 21 heavy (non-hydrogen) atoms. The number of ether oxygens (including phenoxy) is 2. The topological polar surface area (TPSA) is 82.4 Å². The van der Waals surface area contributed by atoms with Gasteiger partial charge in [-0.05, 0) is 19.1 Å². The maximum Gasteiger partial charge on any atom is 0.514 e. The van der Waals surface area contributed by atoms with Crippen LogP contribution in [0.1, 0.15) is 16.6 Å². The number of thiophene rings is 1. The van der Waals surface area contributed by atoms with Gasteiger partial charge in [-0.15, -0.1) is 11.3 Å². The number of amides is 1. The zero-order valence-electron chi connectivity index (χ0n) is 11.3. The number of hydrogen-bond acceptors (Lipinski definition) is 6. The summed E-state index contributed by atoms with van der Waals surface area (Å²) in [7, 11) is 1.63. The normalized spacial score (nSPS) is 10.2. The number of halogens is 1.